The number of carbonyl (C=O) groups is 1. The Hall–Kier alpha value is -2.50. The molecule has 0 spiro atoms. The van der Waals surface area contributed by atoms with Crippen molar-refractivity contribution < 1.29 is 13.9 Å². The zero-order chi connectivity index (χ0) is 17.7. The Balaban J connectivity index is 1.64. The first-order valence-corrected chi connectivity index (χ1v) is 8.99. The average Bonchev–Trinajstić information content (AvgIpc) is 3.26. The summed E-state index contributed by atoms with van der Waals surface area (Å²) in [5, 5.41) is 4.29. The zero-order valence-electron chi connectivity index (χ0n) is 14.3. The molecule has 132 valence electrons. The number of H-pyrrole nitrogens is 1. The molecule has 1 aromatic heterocycles. The van der Waals surface area contributed by atoms with Gasteiger partial charge in [0.05, 0.1) is 12.3 Å². The van der Waals surface area contributed by atoms with Crippen LogP contribution < -0.4 is 5.32 Å². The van der Waals surface area contributed by atoms with E-state index in [4.69, 9.17) is 4.74 Å². The molecule has 1 fully saturated rings. The number of benzene rings is 2. The van der Waals surface area contributed by atoms with Gasteiger partial charge in [0.25, 0.3) is 0 Å². The summed E-state index contributed by atoms with van der Waals surface area (Å²) in [4.78, 5) is 15.6. The molecule has 3 aromatic rings. The predicted molar refractivity (Wildman–Crippen MR) is 97.7 cm³/mol. The largest absolute Gasteiger partial charge is 0.369 e. The minimum absolute atomic E-state index is 0.0149. The minimum Gasteiger partial charge on any atom is -0.369 e. The van der Waals surface area contributed by atoms with Gasteiger partial charge in [-0.25, -0.2) is 4.39 Å². The number of hydrogen-bond acceptors (Lipinski definition) is 3. The molecule has 3 heterocycles. The lowest BCUT2D eigenvalue weighted by Gasteiger charge is -2.11. The van der Waals surface area contributed by atoms with Gasteiger partial charge in [0, 0.05) is 28.1 Å². The SMILES string of the molecule is O=C1COCc2c(-c3ccc([C@@H]4CCCN4)cc3)[nH]c3cc(F)cc1c23. The third-order valence-corrected chi connectivity index (χ3v) is 5.41. The quantitative estimate of drug-likeness (QED) is 0.731. The molecule has 0 aliphatic carbocycles. The molecule has 5 rings (SSSR count). The van der Waals surface area contributed by atoms with Crippen molar-refractivity contribution in [1.82, 2.24) is 10.3 Å². The van der Waals surface area contributed by atoms with Crippen LogP contribution in [0, 0.1) is 5.82 Å². The van der Waals surface area contributed by atoms with Crippen LogP contribution in [-0.4, -0.2) is 23.9 Å². The van der Waals surface area contributed by atoms with Crippen LogP contribution in [0.15, 0.2) is 36.4 Å². The van der Waals surface area contributed by atoms with Crippen LogP contribution >= 0.6 is 0 Å². The van der Waals surface area contributed by atoms with Crippen molar-refractivity contribution in [1.29, 1.82) is 0 Å². The van der Waals surface area contributed by atoms with Gasteiger partial charge >= 0.3 is 0 Å². The van der Waals surface area contributed by atoms with Crippen molar-refractivity contribution in [3.05, 3.63) is 58.9 Å². The third-order valence-electron chi connectivity index (χ3n) is 5.41. The number of halogens is 1. The van der Waals surface area contributed by atoms with Crippen LogP contribution in [-0.2, 0) is 11.3 Å². The molecular weight excluding hydrogens is 331 g/mol. The number of carbonyl (C=O) groups excluding carboxylic acids is 1. The second kappa shape index (κ2) is 6.04. The van der Waals surface area contributed by atoms with Crippen molar-refractivity contribution >= 4 is 16.7 Å². The van der Waals surface area contributed by atoms with E-state index in [1.165, 1.54) is 24.1 Å². The minimum atomic E-state index is -0.412. The molecule has 5 heteroatoms. The molecule has 0 radical (unpaired) electrons. The highest BCUT2D eigenvalue weighted by atomic mass is 19.1. The molecule has 2 aromatic carbocycles. The number of rotatable bonds is 2. The van der Waals surface area contributed by atoms with Crippen LogP contribution in [0.3, 0.4) is 0 Å². The molecule has 0 unspecified atom stereocenters. The fourth-order valence-electron chi connectivity index (χ4n) is 4.15. The van der Waals surface area contributed by atoms with Crippen molar-refractivity contribution in [3.63, 3.8) is 0 Å². The van der Waals surface area contributed by atoms with Crippen LogP contribution in [0.25, 0.3) is 22.2 Å². The monoisotopic (exact) mass is 350 g/mol. The smallest absolute Gasteiger partial charge is 0.189 e. The normalized spacial score (nSPS) is 19.9. The van der Waals surface area contributed by atoms with Gasteiger partial charge in [-0.05, 0) is 42.6 Å². The molecule has 1 saturated heterocycles. The van der Waals surface area contributed by atoms with Crippen LogP contribution in [0.2, 0.25) is 0 Å². The average molecular weight is 350 g/mol. The van der Waals surface area contributed by atoms with E-state index in [1.807, 2.05) is 0 Å². The van der Waals surface area contributed by atoms with E-state index in [2.05, 4.69) is 34.6 Å². The Labute approximate surface area is 150 Å². The van der Waals surface area contributed by atoms with Gasteiger partial charge in [0.1, 0.15) is 12.4 Å². The molecule has 1 atom stereocenters. The van der Waals surface area contributed by atoms with Crippen LogP contribution in [0.1, 0.15) is 40.4 Å². The lowest BCUT2D eigenvalue weighted by atomic mass is 9.99. The molecule has 2 aliphatic rings. The highest BCUT2D eigenvalue weighted by molar-refractivity contribution is 6.11. The van der Waals surface area contributed by atoms with Gasteiger partial charge in [0.2, 0.25) is 0 Å². The van der Waals surface area contributed by atoms with E-state index >= 15 is 0 Å². The van der Waals surface area contributed by atoms with Crippen molar-refractivity contribution in [3.8, 4) is 11.3 Å². The first-order valence-electron chi connectivity index (χ1n) is 8.99. The Bertz CT molecular complexity index is 1000. The molecule has 2 aliphatic heterocycles. The number of nitrogens with one attached hydrogen (secondary N) is 2. The Kier molecular flexibility index (Phi) is 3.65. The van der Waals surface area contributed by atoms with E-state index in [0.29, 0.717) is 23.7 Å². The maximum Gasteiger partial charge on any atom is 0.189 e. The number of aromatic nitrogens is 1. The number of ether oxygens (including phenoxy) is 1. The lowest BCUT2D eigenvalue weighted by Crippen LogP contribution is -2.12. The van der Waals surface area contributed by atoms with Gasteiger partial charge in [0.15, 0.2) is 5.78 Å². The maximum atomic E-state index is 14.0. The lowest BCUT2D eigenvalue weighted by molar-refractivity contribution is 0.0742. The topological polar surface area (TPSA) is 54.1 Å². The van der Waals surface area contributed by atoms with Gasteiger partial charge < -0.3 is 15.0 Å². The Morgan fingerprint density at radius 3 is 2.73 bits per heavy atom. The summed E-state index contributed by atoms with van der Waals surface area (Å²) in [6, 6.07) is 11.6. The maximum absolute atomic E-state index is 14.0. The first-order chi connectivity index (χ1) is 12.7. The number of hydrogen-bond donors (Lipinski definition) is 2. The first kappa shape index (κ1) is 15.7. The number of ketones is 1. The second-order valence-electron chi connectivity index (χ2n) is 7.04. The fourth-order valence-corrected chi connectivity index (χ4v) is 4.15. The van der Waals surface area contributed by atoms with Crippen LogP contribution in [0.4, 0.5) is 4.39 Å². The molecule has 0 saturated carbocycles. The fraction of sp³-hybridized carbons (Fsp3) is 0.286. The van der Waals surface area contributed by atoms with Gasteiger partial charge in [-0.3, -0.25) is 4.79 Å². The highest BCUT2D eigenvalue weighted by Gasteiger charge is 2.24. The summed E-state index contributed by atoms with van der Waals surface area (Å²) < 4.78 is 19.5. The van der Waals surface area contributed by atoms with Crippen LogP contribution in [0.5, 0.6) is 0 Å². The molecule has 0 bridgehead atoms. The van der Waals surface area contributed by atoms with Crippen molar-refractivity contribution in [2.24, 2.45) is 0 Å². The number of aromatic amines is 1. The van der Waals surface area contributed by atoms with Crippen molar-refractivity contribution in [2.45, 2.75) is 25.5 Å². The Morgan fingerprint density at radius 2 is 1.96 bits per heavy atom. The molecule has 26 heavy (non-hydrogen) atoms. The van der Waals surface area contributed by atoms with E-state index in [1.54, 1.807) is 0 Å². The molecule has 2 N–H and O–H groups in total. The summed E-state index contributed by atoms with van der Waals surface area (Å²) >= 11 is 0. The Morgan fingerprint density at radius 1 is 1.12 bits per heavy atom. The molecule has 0 amide bonds. The summed E-state index contributed by atoms with van der Waals surface area (Å²) in [5.41, 5.74) is 5.17. The molecule has 4 nitrogen and oxygen atoms in total. The standard InChI is InChI=1S/C21H19FN2O2/c22-14-8-15-19(25)11-26-10-16-20(15)18(9-14)24-21(16)13-5-3-12(4-6-13)17-2-1-7-23-17/h3-6,8-9,17,23-24H,1-2,7,10-11H2/t17-/m0/s1. The van der Waals surface area contributed by atoms with Gasteiger partial charge in [-0.1, -0.05) is 24.3 Å². The third kappa shape index (κ3) is 2.47. The highest BCUT2D eigenvalue weighted by Crippen LogP contribution is 2.36. The summed E-state index contributed by atoms with van der Waals surface area (Å²) in [6.45, 7) is 1.39. The van der Waals surface area contributed by atoms with Crippen molar-refractivity contribution in [2.75, 3.05) is 13.2 Å². The summed E-state index contributed by atoms with van der Waals surface area (Å²) in [6.07, 6.45) is 2.37. The zero-order valence-corrected chi connectivity index (χ0v) is 14.3. The predicted octanol–water partition coefficient (Wildman–Crippen LogP) is 4.11. The van der Waals surface area contributed by atoms with E-state index in [9.17, 15) is 9.18 Å². The van der Waals surface area contributed by atoms with E-state index < -0.39 is 5.82 Å². The summed E-state index contributed by atoms with van der Waals surface area (Å²) in [5.74, 6) is -0.591. The van der Waals surface area contributed by atoms with E-state index in [-0.39, 0.29) is 12.4 Å². The van der Waals surface area contributed by atoms with Gasteiger partial charge in [-0.15, -0.1) is 0 Å². The van der Waals surface area contributed by atoms with Gasteiger partial charge in [-0.2, -0.15) is 0 Å². The number of Topliss-reactive ketones (excluding diaryl/α,β-unsaturated/α-hetero) is 1. The second-order valence-corrected chi connectivity index (χ2v) is 7.04. The summed E-state index contributed by atoms with van der Waals surface area (Å²) in [7, 11) is 0. The molecular formula is C21H19FN2O2. The van der Waals surface area contributed by atoms with E-state index in [0.717, 1.165) is 35.2 Å².